The summed E-state index contributed by atoms with van der Waals surface area (Å²) < 4.78 is 11.5. The number of pyridine rings is 1. The molecule has 1 aliphatic rings. The number of aryl methyl sites for hydroxylation is 2. The Morgan fingerprint density at radius 1 is 1.12 bits per heavy atom. The summed E-state index contributed by atoms with van der Waals surface area (Å²) in [6.07, 6.45) is 4.35. The van der Waals surface area contributed by atoms with Crippen molar-refractivity contribution in [1.29, 1.82) is 0 Å². The third-order valence-corrected chi connectivity index (χ3v) is 7.99. The number of thiophene rings is 1. The topological polar surface area (TPSA) is 74.2 Å². The first-order valence-electron chi connectivity index (χ1n) is 11.1. The second-order valence-electron chi connectivity index (χ2n) is 7.98. The average molecular weight is 480 g/mol. The number of nitrogens with zero attached hydrogens (tertiary/aromatic N) is 3. The van der Waals surface area contributed by atoms with E-state index in [1.807, 2.05) is 26.0 Å². The lowest BCUT2D eigenvalue weighted by atomic mass is 9.87. The van der Waals surface area contributed by atoms with E-state index in [9.17, 15) is 4.79 Å². The first-order chi connectivity index (χ1) is 16.1. The molecule has 5 rings (SSSR count). The van der Waals surface area contributed by atoms with Crippen LogP contribution in [0.1, 0.15) is 36.8 Å². The first-order valence-corrected chi connectivity index (χ1v) is 12.9. The van der Waals surface area contributed by atoms with E-state index in [2.05, 4.69) is 17.1 Å². The summed E-state index contributed by atoms with van der Waals surface area (Å²) >= 11 is 3.02. The third-order valence-electron chi connectivity index (χ3n) is 5.83. The molecule has 0 bridgehead atoms. The molecule has 0 saturated carbocycles. The second-order valence-corrected chi connectivity index (χ2v) is 9.94. The van der Waals surface area contributed by atoms with Gasteiger partial charge < -0.3 is 9.47 Å². The average Bonchev–Trinajstić information content (AvgIpc) is 3.19. The number of hydrogen-bond donors (Lipinski definition) is 0. The maximum Gasteiger partial charge on any atom is 0.316 e. The van der Waals surface area contributed by atoms with E-state index in [4.69, 9.17) is 19.4 Å². The van der Waals surface area contributed by atoms with Gasteiger partial charge in [0.15, 0.2) is 0 Å². The van der Waals surface area contributed by atoms with Crippen molar-refractivity contribution in [3.8, 4) is 16.9 Å². The largest absolute Gasteiger partial charge is 0.497 e. The van der Waals surface area contributed by atoms with Crippen molar-refractivity contribution in [2.24, 2.45) is 0 Å². The van der Waals surface area contributed by atoms with Crippen LogP contribution in [0.15, 0.2) is 29.3 Å². The van der Waals surface area contributed by atoms with Crippen molar-refractivity contribution < 1.29 is 14.3 Å². The molecule has 0 unspecified atom stereocenters. The molecule has 0 amide bonds. The fourth-order valence-electron chi connectivity index (χ4n) is 4.41. The summed E-state index contributed by atoms with van der Waals surface area (Å²) in [6.45, 7) is 4.09. The van der Waals surface area contributed by atoms with Crippen molar-refractivity contribution in [2.45, 2.75) is 44.6 Å². The van der Waals surface area contributed by atoms with Gasteiger partial charge in [0.2, 0.25) is 0 Å². The van der Waals surface area contributed by atoms with Crippen LogP contribution in [0, 0.1) is 6.92 Å². The van der Waals surface area contributed by atoms with Gasteiger partial charge in [-0.05, 0) is 68.4 Å². The smallest absolute Gasteiger partial charge is 0.316 e. The zero-order chi connectivity index (χ0) is 22.9. The van der Waals surface area contributed by atoms with Gasteiger partial charge >= 0.3 is 5.97 Å². The second kappa shape index (κ2) is 9.27. The molecule has 3 heterocycles. The molecule has 0 spiro atoms. The number of aromatic nitrogens is 3. The zero-order valence-corrected chi connectivity index (χ0v) is 20.6. The Morgan fingerprint density at radius 3 is 2.67 bits per heavy atom. The molecule has 0 fully saturated rings. The molecule has 6 nitrogen and oxygen atoms in total. The number of rotatable bonds is 6. The quantitative estimate of drug-likeness (QED) is 0.198. The first kappa shape index (κ1) is 22.1. The van der Waals surface area contributed by atoms with Crippen LogP contribution in [0.4, 0.5) is 0 Å². The summed E-state index contributed by atoms with van der Waals surface area (Å²) in [5.74, 6) is 1.51. The highest BCUT2D eigenvalue weighted by molar-refractivity contribution is 8.00. The van der Waals surface area contributed by atoms with E-state index < -0.39 is 0 Å². The van der Waals surface area contributed by atoms with E-state index in [0.29, 0.717) is 12.4 Å². The fraction of sp³-hybridized carbons (Fsp3) is 0.360. The number of ether oxygens (including phenoxy) is 2. The molecule has 4 aromatic rings. The van der Waals surface area contributed by atoms with E-state index in [0.717, 1.165) is 56.0 Å². The van der Waals surface area contributed by atoms with E-state index in [1.165, 1.54) is 35.0 Å². The minimum atomic E-state index is -0.236. The van der Waals surface area contributed by atoms with Crippen LogP contribution in [-0.4, -0.2) is 40.4 Å². The predicted octanol–water partition coefficient (Wildman–Crippen LogP) is 5.76. The van der Waals surface area contributed by atoms with Crippen LogP contribution in [0.5, 0.6) is 5.75 Å². The van der Waals surface area contributed by atoms with Crippen molar-refractivity contribution in [3.63, 3.8) is 0 Å². The van der Waals surface area contributed by atoms with Crippen LogP contribution >= 0.6 is 23.1 Å². The molecular weight excluding hydrogens is 454 g/mol. The number of methoxy groups -OCH3 is 1. The van der Waals surface area contributed by atoms with Gasteiger partial charge in [0.25, 0.3) is 0 Å². The standard InChI is InChI=1S/C25H25N3O3S2/c1-4-31-19(29)13-32-25-23-22(26-14(2)27-25)21-20(15-9-11-16(30-3)12-10-15)17-7-5-6-8-18(17)28-24(21)33-23/h9-12H,4-8,13H2,1-3H3. The van der Waals surface area contributed by atoms with E-state index in [-0.39, 0.29) is 11.7 Å². The van der Waals surface area contributed by atoms with Gasteiger partial charge in [-0.25, -0.2) is 15.0 Å². The Bertz CT molecular complexity index is 1350. The zero-order valence-electron chi connectivity index (χ0n) is 18.9. The van der Waals surface area contributed by atoms with Gasteiger partial charge in [-0.3, -0.25) is 4.79 Å². The molecule has 0 N–H and O–H groups in total. The maximum atomic E-state index is 12.0. The molecule has 0 aliphatic heterocycles. The molecular formula is C25H25N3O3S2. The lowest BCUT2D eigenvalue weighted by Crippen LogP contribution is -2.07. The van der Waals surface area contributed by atoms with Crippen LogP contribution < -0.4 is 4.74 Å². The van der Waals surface area contributed by atoms with Crippen molar-refractivity contribution in [2.75, 3.05) is 19.5 Å². The van der Waals surface area contributed by atoms with Crippen molar-refractivity contribution >= 4 is 49.5 Å². The Morgan fingerprint density at radius 2 is 1.91 bits per heavy atom. The Labute approximate surface area is 200 Å². The molecule has 1 aliphatic carbocycles. The van der Waals surface area contributed by atoms with Gasteiger partial charge in [-0.2, -0.15) is 0 Å². The SMILES string of the molecule is CCOC(=O)CSc1nc(C)nc2c1sc1nc3c(c(-c4ccc(OC)cc4)c12)CCCC3. The summed E-state index contributed by atoms with van der Waals surface area (Å²) in [4.78, 5) is 27.6. The lowest BCUT2D eigenvalue weighted by Gasteiger charge is -2.20. The Kier molecular flexibility index (Phi) is 6.21. The highest BCUT2D eigenvalue weighted by Crippen LogP contribution is 2.45. The molecule has 3 aromatic heterocycles. The third kappa shape index (κ3) is 4.17. The Hall–Kier alpha value is -2.71. The predicted molar refractivity (Wildman–Crippen MR) is 133 cm³/mol. The van der Waals surface area contributed by atoms with Gasteiger partial charge in [-0.15, -0.1) is 11.3 Å². The van der Waals surface area contributed by atoms with Gasteiger partial charge in [0, 0.05) is 11.1 Å². The molecule has 33 heavy (non-hydrogen) atoms. The highest BCUT2D eigenvalue weighted by Gasteiger charge is 2.24. The van der Waals surface area contributed by atoms with E-state index in [1.54, 1.807) is 18.4 Å². The highest BCUT2D eigenvalue weighted by atomic mass is 32.2. The molecule has 8 heteroatoms. The monoisotopic (exact) mass is 479 g/mol. The van der Waals surface area contributed by atoms with Crippen LogP contribution in [0.2, 0.25) is 0 Å². The number of carbonyl (C=O) groups is 1. The number of esters is 1. The minimum Gasteiger partial charge on any atom is -0.497 e. The number of fused-ring (bicyclic) bond motifs is 4. The number of carbonyl (C=O) groups excluding carboxylic acids is 1. The lowest BCUT2D eigenvalue weighted by molar-refractivity contribution is -0.139. The Balaban J connectivity index is 1.74. The van der Waals surface area contributed by atoms with Gasteiger partial charge in [0.05, 0.1) is 29.7 Å². The molecule has 0 atom stereocenters. The maximum absolute atomic E-state index is 12.0. The van der Waals surface area contributed by atoms with Gasteiger partial charge in [-0.1, -0.05) is 23.9 Å². The number of thioether (sulfide) groups is 1. The molecule has 1 aromatic carbocycles. The number of hydrogen-bond acceptors (Lipinski definition) is 8. The normalized spacial score (nSPS) is 13.3. The molecule has 0 radical (unpaired) electrons. The summed E-state index contributed by atoms with van der Waals surface area (Å²) in [7, 11) is 1.68. The van der Waals surface area contributed by atoms with Crippen LogP contribution in [0.25, 0.3) is 31.6 Å². The summed E-state index contributed by atoms with van der Waals surface area (Å²) in [5, 5.41) is 1.90. The molecule has 170 valence electrons. The van der Waals surface area contributed by atoms with Crippen LogP contribution in [0.3, 0.4) is 0 Å². The summed E-state index contributed by atoms with van der Waals surface area (Å²) in [6, 6.07) is 8.26. The fourth-order valence-corrected chi connectivity index (χ4v) is 6.50. The minimum absolute atomic E-state index is 0.225. The van der Waals surface area contributed by atoms with E-state index >= 15 is 0 Å². The van der Waals surface area contributed by atoms with Crippen LogP contribution in [-0.2, 0) is 22.4 Å². The van der Waals surface area contributed by atoms with Crippen molar-refractivity contribution in [3.05, 3.63) is 41.3 Å². The van der Waals surface area contributed by atoms with Crippen molar-refractivity contribution in [1.82, 2.24) is 15.0 Å². The number of benzene rings is 1. The van der Waals surface area contributed by atoms with Gasteiger partial charge in [0.1, 0.15) is 21.4 Å². The molecule has 0 saturated heterocycles. The summed E-state index contributed by atoms with van der Waals surface area (Å²) in [5.41, 5.74) is 5.81.